The number of benzene rings is 1. The van der Waals surface area contributed by atoms with E-state index in [1.165, 1.54) is 18.4 Å². The Morgan fingerprint density at radius 1 is 1.47 bits per heavy atom. The van der Waals surface area contributed by atoms with E-state index in [4.69, 9.17) is 4.74 Å². The molecule has 0 N–H and O–H groups in total. The van der Waals surface area contributed by atoms with Crippen LogP contribution in [0.4, 0.5) is 0 Å². The van der Waals surface area contributed by atoms with Crippen LogP contribution in [0, 0.1) is 0 Å². The summed E-state index contributed by atoms with van der Waals surface area (Å²) >= 11 is 1.80. The van der Waals surface area contributed by atoms with Gasteiger partial charge in [-0.05, 0) is 25.0 Å². The maximum Gasteiger partial charge on any atom is 0.168 e. The topological polar surface area (TPSA) is 27.1 Å². The van der Waals surface area contributed by atoms with Crippen LogP contribution in [0.1, 0.15) is 12.8 Å². The van der Waals surface area contributed by atoms with Gasteiger partial charge < -0.3 is 9.30 Å². The van der Waals surface area contributed by atoms with Gasteiger partial charge in [0.15, 0.2) is 5.16 Å². The number of hydrogen-bond acceptors (Lipinski definition) is 3. The molecule has 1 aromatic heterocycles. The summed E-state index contributed by atoms with van der Waals surface area (Å²) in [6.07, 6.45) is 2.81. The van der Waals surface area contributed by atoms with E-state index in [0.29, 0.717) is 6.10 Å². The molecule has 0 radical (unpaired) electrons. The van der Waals surface area contributed by atoms with Crippen molar-refractivity contribution in [2.75, 3.05) is 12.4 Å². The van der Waals surface area contributed by atoms with E-state index in [0.717, 1.165) is 23.0 Å². The van der Waals surface area contributed by atoms with Crippen LogP contribution in [-0.4, -0.2) is 28.0 Å². The fourth-order valence-electron chi connectivity index (χ4n) is 2.20. The molecule has 3 nitrogen and oxygen atoms in total. The first-order chi connectivity index (χ1) is 8.34. The Hall–Kier alpha value is -1.00. The standard InChI is InChI=1S/C13H16N2OS/c1-15-12-7-3-2-6-11(12)14-13(15)17-9-10-5-4-8-16-10/h2-3,6-7,10H,4-5,8-9H2,1H3/t10-/m0/s1. The largest absolute Gasteiger partial charge is 0.377 e. The maximum absolute atomic E-state index is 5.63. The average Bonchev–Trinajstić information content (AvgIpc) is 2.96. The number of imidazole rings is 1. The van der Waals surface area contributed by atoms with Crippen molar-refractivity contribution in [2.24, 2.45) is 7.05 Å². The molecule has 3 rings (SSSR count). The molecule has 2 heterocycles. The van der Waals surface area contributed by atoms with Gasteiger partial charge in [-0.25, -0.2) is 4.98 Å². The predicted molar refractivity (Wildman–Crippen MR) is 70.4 cm³/mol. The molecule has 0 saturated carbocycles. The molecule has 1 aliphatic rings. The minimum Gasteiger partial charge on any atom is -0.377 e. The zero-order valence-electron chi connectivity index (χ0n) is 9.93. The third-order valence-corrected chi connectivity index (χ3v) is 4.33. The second kappa shape index (κ2) is 4.70. The van der Waals surface area contributed by atoms with Crippen LogP contribution in [-0.2, 0) is 11.8 Å². The van der Waals surface area contributed by atoms with Crippen molar-refractivity contribution >= 4 is 22.8 Å². The molecule has 0 unspecified atom stereocenters. The van der Waals surface area contributed by atoms with Gasteiger partial charge in [0.25, 0.3) is 0 Å². The zero-order valence-corrected chi connectivity index (χ0v) is 10.7. The van der Waals surface area contributed by atoms with Crippen LogP contribution in [0.25, 0.3) is 11.0 Å². The van der Waals surface area contributed by atoms with Crippen molar-refractivity contribution in [3.05, 3.63) is 24.3 Å². The van der Waals surface area contributed by atoms with Crippen LogP contribution < -0.4 is 0 Å². The minimum atomic E-state index is 0.416. The van der Waals surface area contributed by atoms with E-state index in [2.05, 4.69) is 34.8 Å². The van der Waals surface area contributed by atoms with Gasteiger partial charge in [0.05, 0.1) is 17.1 Å². The number of hydrogen-bond donors (Lipinski definition) is 0. The number of rotatable bonds is 3. The monoisotopic (exact) mass is 248 g/mol. The molecule has 1 atom stereocenters. The van der Waals surface area contributed by atoms with Gasteiger partial charge in [0.1, 0.15) is 0 Å². The summed E-state index contributed by atoms with van der Waals surface area (Å²) in [5, 5.41) is 1.08. The summed E-state index contributed by atoms with van der Waals surface area (Å²) in [7, 11) is 2.08. The van der Waals surface area contributed by atoms with Crippen LogP contribution in [0.5, 0.6) is 0 Å². The van der Waals surface area contributed by atoms with Gasteiger partial charge in [-0.15, -0.1) is 0 Å². The Bertz CT molecular complexity index is 517. The van der Waals surface area contributed by atoms with Crippen molar-refractivity contribution in [1.82, 2.24) is 9.55 Å². The molecule has 2 aromatic rings. The Kier molecular flexibility index (Phi) is 3.07. The predicted octanol–water partition coefficient (Wildman–Crippen LogP) is 2.84. The number of fused-ring (bicyclic) bond motifs is 1. The lowest BCUT2D eigenvalue weighted by atomic mass is 10.3. The van der Waals surface area contributed by atoms with Gasteiger partial charge in [-0.1, -0.05) is 23.9 Å². The van der Waals surface area contributed by atoms with E-state index in [1.807, 2.05) is 6.07 Å². The Morgan fingerprint density at radius 2 is 2.35 bits per heavy atom. The van der Waals surface area contributed by atoms with E-state index >= 15 is 0 Å². The van der Waals surface area contributed by atoms with Crippen molar-refractivity contribution in [3.63, 3.8) is 0 Å². The SMILES string of the molecule is Cn1c(SC[C@@H]2CCCO2)nc2ccccc21. The van der Waals surface area contributed by atoms with E-state index in [1.54, 1.807) is 11.8 Å². The summed E-state index contributed by atoms with van der Waals surface area (Å²) < 4.78 is 7.79. The molecule has 17 heavy (non-hydrogen) atoms. The van der Waals surface area contributed by atoms with Gasteiger partial charge in [-0.2, -0.15) is 0 Å². The first-order valence-electron chi connectivity index (χ1n) is 6.00. The maximum atomic E-state index is 5.63. The highest BCUT2D eigenvalue weighted by Gasteiger charge is 2.17. The fourth-order valence-corrected chi connectivity index (χ4v) is 3.25. The molecule has 1 saturated heterocycles. The lowest BCUT2D eigenvalue weighted by Gasteiger charge is -2.08. The van der Waals surface area contributed by atoms with Crippen molar-refractivity contribution in [2.45, 2.75) is 24.1 Å². The van der Waals surface area contributed by atoms with E-state index in [-0.39, 0.29) is 0 Å². The number of nitrogens with zero attached hydrogens (tertiary/aromatic N) is 2. The molecule has 0 aliphatic carbocycles. The number of thioether (sulfide) groups is 1. The van der Waals surface area contributed by atoms with Crippen LogP contribution in [0.2, 0.25) is 0 Å². The first kappa shape index (κ1) is 11.1. The van der Waals surface area contributed by atoms with Crippen molar-refractivity contribution in [3.8, 4) is 0 Å². The molecule has 4 heteroatoms. The quantitative estimate of drug-likeness (QED) is 0.782. The number of ether oxygens (including phenoxy) is 1. The molecule has 1 aliphatic heterocycles. The van der Waals surface area contributed by atoms with E-state index < -0.39 is 0 Å². The first-order valence-corrected chi connectivity index (χ1v) is 6.99. The summed E-state index contributed by atoms with van der Waals surface area (Å²) in [5.74, 6) is 1.01. The number of para-hydroxylation sites is 2. The fraction of sp³-hybridized carbons (Fsp3) is 0.462. The van der Waals surface area contributed by atoms with Crippen molar-refractivity contribution in [1.29, 1.82) is 0 Å². The van der Waals surface area contributed by atoms with Crippen LogP contribution in [0.15, 0.2) is 29.4 Å². The number of aromatic nitrogens is 2. The molecular formula is C13H16N2OS. The molecular weight excluding hydrogens is 232 g/mol. The summed E-state index contributed by atoms with van der Waals surface area (Å²) in [6, 6.07) is 8.26. The Labute approximate surface area is 105 Å². The van der Waals surface area contributed by atoms with Gasteiger partial charge in [0, 0.05) is 19.4 Å². The summed E-state index contributed by atoms with van der Waals surface area (Å²) in [6.45, 7) is 0.924. The third-order valence-electron chi connectivity index (χ3n) is 3.17. The van der Waals surface area contributed by atoms with Crippen LogP contribution in [0.3, 0.4) is 0 Å². The van der Waals surface area contributed by atoms with Gasteiger partial charge >= 0.3 is 0 Å². The molecule has 1 aromatic carbocycles. The highest BCUT2D eigenvalue weighted by Crippen LogP contribution is 2.25. The summed E-state index contributed by atoms with van der Waals surface area (Å²) in [5.41, 5.74) is 2.27. The average molecular weight is 248 g/mol. The minimum absolute atomic E-state index is 0.416. The lowest BCUT2D eigenvalue weighted by molar-refractivity contribution is 0.129. The zero-order chi connectivity index (χ0) is 11.7. The molecule has 1 fully saturated rings. The molecule has 0 amide bonds. The van der Waals surface area contributed by atoms with E-state index in [9.17, 15) is 0 Å². The second-order valence-electron chi connectivity index (χ2n) is 4.39. The lowest BCUT2D eigenvalue weighted by Crippen LogP contribution is -2.08. The highest BCUT2D eigenvalue weighted by atomic mass is 32.2. The molecule has 90 valence electrons. The van der Waals surface area contributed by atoms with Crippen LogP contribution >= 0.6 is 11.8 Å². The smallest absolute Gasteiger partial charge is 0.168 e. The third kappa shape index (κ3) is 2.19. The normalized spacial score (nSPS) is 20.2. The second-order valence-corrected chi connectivity index (χ2v) is 5.38. The Balaban J connectivity index is 1.78. The molecule has 0 spiro atoms. The van der Waals surface area contributed by atoms with Crippen molar-refractivity contribution < 1.29 is 4.74 Å². The number of aryl methyl sites for hydroxylation is 1. The summed E-state index contributed by atoms with van der Waals surface area (Å²) in [4.78, 5) is 4.64. The molecule has 0 bridgehead atoms. The van der Waals surface area contributed by atoms with Gasteiger partial charge in [-0.3, -0.25) is 0 Å². The highest BCUT2D eigenvalue weighted by molar-refractivity contribution is 7.99. The Morgan fingerprint density at radius 3 is 3.12 bits per heavy atom. The van der Waals surface area contributed by atoms with Gasteiger partial charge in [0.2, 0.25) is 0 Å².